The number of rotatable bonds is 9. The predicted molar refractivity (Wildman–Crippen MR) is 97.9 cm³/mol. The molecule has 0 heterocycles. The number of sulfonamides is 1. The molecule has 0 aromatic heterocycles. The Balaban J connectivity index is 3.28. The summed E-state index contributed by atoms with van der Waals surface area (Å²) >= 11 is 6.07. The molecule has 7 nitrogen and oxygen atoms in total. The second kappa shape index (κ2) is 10.1. The summed E-state index contributed by atoms with van der Waals surface area (Å²) < 4.78 is 26.7. The fourth-order valence-corrected chi connectivity index (χ4v) is 4.36. The number of amides is 1. The average Bonchev–Trinajstić information content (AvgIpc) is 2.62. The topological polar surface area (TPSA) is 105 Å². The van der Waals surface area contributed by atoms with Gasteiger partial charge in [0.1, 0.15) is 4.90 Å². The molecule has 9 heteroatoms. The minimum Gasteiger partial charge on any atom is -0.337 e. The van der Waals surface area contributed by atoms with Crippen LogP contribution < -0.4 is 0 Å². The number of halogens is 1. The third-order valence-electron chi connectivity index (χ3n) is 3.78. The maximum Gasteiger partial charge on any atom is 0.253 e. The summed E-state index contributed by atoms with van der Waals surface area (Å²) in [6.45, 7) is 4.33. The number of carbonyl (C=O) groups excluding carboxylic acids is 1. The lowest BCUT2D eigenvalue weighted by Gasteiger charge is -2.22. The van der Waals surface area contributed by atoms with Crippen LogP contribution in [0.1, 0.15) is 37.0 Å². The van der Waals surface area contributed by atoms with Crippen molar-refractivity contribution < 1.29 is 13.2 Å². The van der Waals surface area contributed by atoms with Crippen LogP contribution in [0.15, 0.2) is 23.1 Å². The fourth-order valence-electron chi connectivity index (χ4n) is 2.40. The Morgan fingerprint density at radius 3 is 2.12 bits per heavy atom. The van der Waals surface area contributed by atoms with E-state index in [0.717, 1.165) is 0 Å². The quantitative estimate of drug-likeness (QED) is 0.637. The van der Waals surface area contributed by atoms with E-state index >= 15 is 0 Å². The third kappa shape index (κ3) is 5.18. The predicted octanol–water partition coefficient (Wildman–Crippen LogP) is 2.64. The zero-order valence-corrected chi connectivity index (χ0v) is 16.3. The van der Waals surface area contributed by atoms with E-state index in [2.05, 4.69) is 0 Å². The molecular weight excluding hydrogens is 376 g/mol. The normalized spacial score (nSPS) is 11.0. The van der Waals surface area contributed by atoms with Crippen molar-refractivity contribution in [2.24, 2.45) is 0 Å². The lowest BCUT2D eigenvalue weighted by Crippen LogP contribution is -2.33. The lowest BCUT2D eigenvalue weighted by molar-refractivity contribution is 0.0762. The van der Waals surface area contributed by atoms with Crippen LogP contribution in [0.5, 0.6) is 0 Å². The highest BCUT2D eigenvalue weighted by atomic mass is 35.5. The van der Waals surface area contributed by atoms with Gasteiger partial charge >= 0.3 is 0 Å². The van der Waals surface area contributed by atoms with Gasteiger partial charge in [0.05, 0.1) is 30.0 Å². The van der Waals surface area contributed by atoms with Gasteiger partial charge in [-0.05, 0) is 18.2 Å². The van der Waals surface area contributed by atoms with Gasteiger partial charge in [-0.3, -0.25) is 4.79 Å². The molecule has 0 saturated carbocycles. The number of carbonyl (C=O) groups is 1. The van der Waals surface area contributed by atoms with Crippen LogP contribution >= 0.6 is 11.6 Å². The molecule has 0 radical (unpaired) electrons. The van der Waals surface area contributed by atoms with Crippen molar-refractivity contribution in [3.63, 3.8) is 0 Å². The summed E-state index contributed by atoms with van der Waals surface area (Å²) in [5.74, 6) is -0.442. The Kier molecular flexibility index (Phi) is 8.53. The Bertz CT molecular complexity index is 805. The maximum atomic E-state index is 12.7. The molecule has 0 aliphatic heterocycles. The van der Waals surface area contributed by atoms with Crippen molar-refractivity contribution in [2.45, 2.75) is 31.6 Å². The number of benzene rings is 1. The van der Waals surface area contributed by atoms with Crippen LogP contribution in [-0.4, -0.2) is 49.7 Å². The minimum atomic E-state index is -3.82. The van der Waals surface area contributed by atoms with Crippen molar-refractivity contribution in [1.29, 1.82) is 10.5 Å². The van der Waals surface area contributed by atoms with Crippen molar-refractivity contribution >= 4 is 27.5 Å². The lowest BCUT2D eigenvalue weighted by atomic mass is 10.2. The Hall–Kier alpha value is -2.13. The van der Waals surface area contributed by atoms with Gasteiger partial charge in [-0.2, -0.15) is 14.8 Å². The van der Waals surface area contributed by atoms with Gasteiger partial charge in [0.15, 0.2) is 0 Å². The monoisotopic (exact) mass is 396 g/mol. The van der Waals surface area contributed by atoms with Crippen LogP contribution in [0.3, 0.4) is 0 Å². The Morgan fingerprint density at radius 1 is 1.12 bits per heavy atom. The van der Waals surface area contributed by atoms with Crippen LogP contribution in [0.25, 0.3) is 0 Å². The molecule has 1 aromatic rings. The molecule has 0 atom stereocenters. The average molecular weight is 397 g/mol. The van der Waals surface area contributed by atoms with Crippen LogP contribution in [-0.2, 0) is 10.0 Å². The number of nitrogens with zero attached hydrogens (tertiary/aromatic N) is 4. The molecule has 0 unspecified atom stereocenters. The van der Waals surface area contributed by atoms with Crippen molar-refractivity contribution in [1.82, 2.24) is 9.21 Å². The second-order valence-electron chi connectivity index (χ2n) is 5.34. The van der Waals surface area contributed by atoms with Crippen molar-refractivity contribution in [3.05, 3.63) is 28.8 Å². The first kappa shape index (κ1) is 21.9. The van der Waals surface area contributed by atoms with Gasteiger partial charge in [0, 0.05) is 31.7 Å². The third-order valence-corrected chi connectivity index (χ3v) is 6.31. The van der Waals surface area contributed by atoms with Crippen molar-refractivity contribution in [2.75, 3.05) is 26.2 Å². The molecule has 140 valence electrons. The van der Waals surface area contributed by atoms with E-state index < -0.39 is 15.9 Å². The summed E-state index contributed by atoms with van der Waals surface area (Å²) in [4.78, 5) is 13.9. The number of hydrogen-bond acceptors (Lipinski definition) is 5. The van der Waals surface area contributed by atoms with Gasteiger partial charge < -0.3 is 4.90 Å². The zero-order chi connectivity index (χ0) is 19.7. The highest BCUT2D eigenvalue weighted by molar-refractivity contribution is 7.89. The van der Waals surface area contributed by atoms with Gasteiger partial charge in [0.25, 0.3) is 5.91 Å². The molecule has 0 saturated heterocycles. The fraction of sp³-hybridized carbons (Fsp3) is 0.471. The van der Waals surface area contributed by atoms with E-state index in [4.69, 9.17) is 22.1 Å². The van der Waals surface area contributed by atoms with E-state index in [0.29, 0.717) is 0 Å². The first-order chi connectivity index (χ1) is 12.3. The number of hydrogen-bond donors (Lipinski definition) is 0. The smallest absolute Gasteiger partial charge is 0.253 e. The molecule has 0 N–H and O–H groups in total. The van der Waals surface area contributed by atoms with Gasteiger partial charge in [-0.15, -0.1) is 0 Å². The standard InChI is InChI=1S/C17H21ClN4O3S/c1-3-22(4-2)26(24,25)16-13-14(7-8-15(16)18)17(23)21(11-5-9-19)12-6-10-20/h7-8,13H,3-6,11-12H2,1-2H3. The van der Waals surface area contributed by atoms with E-state index in [1.807, 2.05) is 12.1 Å². The van der Waals surface area contributed by atoms with Gasteiger partial charge in [0.2, 0.25) is 10.0 Å². The minimum absolute atomic E-state index is 0.0362. The molecule has 0 aliphatic rings. The molecule has 0 fully saturated rings. The van der Waals surface area contributed by atoms with Gasteiger partial charge in [-0.1, -0.05) is 25.4 Å². The highest BCUT2D eigenvalue weighted by Gasteiger charge is 2.26. The zero-order valence-electron chi connectivity index (χ0n) is 14.8. The summed E-state index contributed by atoms with van der Waals surface area (Å²) in [5.41, 5.74) is 0.149. The van der Waals surface area contributed by atoms with Crippen LogP contribution in [0, 0.1) is 22.7 Å². The first-order valence-corrected chi connectivity index (χ1v) is 9.98. The Morgan fingerprint density at radius 2 is 1.65 bits per heavy atom. The Labute approximate surface area is 159 Å². The van der Waals surface area contributed by atoms with E-state index in [1.165, 1.54) is 27.4 Å². The first-order valence-electron chi connectivity index (χ1n) is 8.16. The number of nitriles is 2. The molecule has 0 spiro atoms. The molecule has 1 aromatic carbocycles. The summed E-state index contributed by atoms with van der Waals surface area (Å²) in [6, 6.07) is 7.98. The molecule has 1 rings (SSSR count). The van der Waals surface area contributed by atoms with E-state index in [-0.39, 0.29) is 54.5 Å². The summed E-state index contributed by atoms with van der Waals surface area (Å²) in [6.07, 6.45) is 0.241. The maximum absolute atomic E-state index is 12.7. The van der Waals surface area contributed by atoms with E-state index in [9.17, 15) is 13.2 Å². The second-order valence-corrected chi connectivity index (χ2v) is 7.66. The summed E-state index contributed by atoms with van der Waals surface area (Å²) in [5, 5.41) is 17.5. The van der Waals surface area contributed by atoms with Crippen LogP contribution in [0.2, 0.25) is 5.02 Å². The van der Waals surface area contributed by atoms with Crippen LogP contribution in [0.4, 0.5) is 0 Å². The molecule has 26 heavy (non-hydrogen) atoms. The molecule has 0 bridgehead atoms. The SMILES string of the molecule is CCN(CC)S(=O)(=O)c1cc(C(=O)N(CCC#N)CCC#N)ccc1Cl. The molecule has 1 amide bonds. The molecular formula is C17H21ClN4O3S. The molecule has 0 aliphatic carbocycles. The van der Waals surface area contributed by atoms with Crippen molar-refractivity contribution in [3.8, 4) is 12.1 Å². The largest absolute Gasteiger partial charge is 0.337 e. The highest BCUT2D eigenvalue weighted by Crippen LogP contribution is 2.26. The van der Waals surface area contributed by atoms with E-state index in [1.54, 1.807) is 13.8 Å². The van der Waals surface area contributed by atoms with Gasteiger partial charge in [-0.25, -0.2) is 8.42 Å². The summed E-state index contributed by atoms with van der Waals surface area (Å²) in [7, 11) is -3.82.